The molecular formula is C50H50N4. The highest BCUT2D eigenvalue weighted by atomic mass is 15.3. The highest BCUT2D eigenvalue weighted by Gasteiger charge is 2.50. The molecule has 2 aliphatic rings. The summed E-state index contributed by atoms with van der Waals surface area (Å²) in [6.45, 7) is 18.1. The summed E-state index contributed by atoms with van der Waals surface area (Å²) in [7, 11) is 0. The van der Waals surface area contributed by atoms with Crippen molar-refractivity contribution in [2.45, 2.75) is 77.5 Å². The van der Waals surface area contributed by atoms with Gasteiger partial charge < -0.3 is 9.80 Å². The number of amidine groups is 2. The van der Waals surface area contributed by atoms with Crippen LogP contribution in [0.4, 0.5) is 11.4 Å². The minimum absolute atomic E-state index is 0.201. The Bertz CT molecular complexity index is 2200. The lowest BCUT2D eigenvalue weighted by atomic mass is 9.83. The third kappa shape index (κ3) is 5.94. The third-order valence-electron chi connectivity index (χ3n) is 12.3. The van der Waals surface area contributed by atoms with Crippen LogP contribution in [0, 0.1) is 0 Å². The van der Waals surface area contributed by atoms with E-state index in [4.69, 9.17) is 9.98 Å². The molecule has 54 heavy (non-hydrogen) atoms. The average Bonchev–Trinajstić information content (AvgIpc) is 3.50. The van der Waals surface area contributed by atoms with Gasteiger partial charge in [0, 0.05) is 22.5 Å². The van der Waals surface area contributed by atoms with Crippen LogP contribution in [-0.4, -0.2) is 33.8 Å². The zero-order chi connectivity index (χ0) is 37.9. The lowest BCUT2D eigenvalue weighted by Gasteiger charge is -2.41. The molecule has 6 aromatic rings. The van der Waals surface area contributed by atoms with E-state index in [-0.39, 0.29) is 22.2 Å². The lowest BCUT2D eigenvalue weighted by molar-refractivity contribution is 0.338. The van der Waals surface area contributed by atoms with Crippen LogP contribution < -0.4 is 9.80 Å². The van der Waals surface area contributed by atoms with Gasteiger partial charge in [0.15, 0.2) is 0 Å². The van der Waals surface area contributed by atoms with E-state index in [2.05, 4.69) is 223 Å². The van der Waals surface area contributed by atoms with Crippen LogP contribution in [0.15, 0.2) is 168 Å². The molecule has 0 aliphatic carbocycles. The van der Waals surface area contributed by atoms with Crippen LogP contribution in [0.2, 0.25) is 0 Å². The minimum Gasteiger partial charge on any atom is -0.318 e. The Morgan fingerprint density at radius 2 is 0.593 bits per heavy atom. The summed E-state index contributed by atoms with van der Waals surface area (Å²) in [5.74, 6) is 2.01. The standard InChI is InChI=1S/C50H50N4/c1-47(2)49(5,6)53(43-20-14-10-15-21-43)45(51-47)38-28-24-36(25-29-38)41-32-40(35-18-12-9-13-19-35)33-42(34-41)37-26-30-39(31-27-37)46-52-48(3,4)50(7,8)54(46)44-22-16-11-17-23-44/h9-34H,1-8H3. The average molecular weight is 707 g/mol. The van der Waals surface area contributed by atoms with Crippen molar-refractivity contribution >= 4 is 23.0 Å². The monoisotopic (exact) mass is 706 g/mol. The molecule has 0 spiro atoms. The number of rotatable bonds is 7. The summed E-state index contributed by atoms with van der Waals surface area (Å²) >= 11 is 0. The van der Waals surface area contributed by atoms with E-state index in [0.29, 0.717) is 0 Å². The van der Waals surface area contributed by atoms with Gasteiger partial charge in [0.05, 0.1) is 22.2 Å². The molecule has 2 aliphatic heterocycles. The molecule has 0 saturated carbocycles. The smallest absolute Gasteiger partial charge is 0.136 e. The van der Waals surface area contributed by atoms with Crippen molar-refractivity contribution in [3.63, 3.8) is 0 Å². The summed E-state index contributed by atoms with van der Waals surface area (Å²) in [5.41, 5.74) is 10.7. The van der Waals surface area contributed by atoms with Gasteiger partial charge in [-0.25, -0.2) is 0 Å². The van der Waals surface area contributed by atoms with E-state index in [0.717, 1.165) is 34.2 Å². The number of nitrogens with zero attached hydrogens (tertiary/aromatic N) is 4. The van der Waals surface area contributed by atoms with Gasteiger partial charge in [-0.2, -0.15) is 0 Å². The van der Waals surface area contributed by atoms with Crippen molar-refractivity contribution in [2.75, 3.05) is 9.80 Å². The second kappa shape index (κ2) is 13.0. The molecule has 0 saturated heterocycles. The van der Waals surface area contributed by atoms with E-state index in [1.807, 2.05) is 0 Å². The van der Waals surface area contributed by atoms with Crippen LogP contribution in [0.5, 0.6) is 0 Å². The highest BCUT2D eigenvalue weighted by molar-refractivity contribution is 6.14. The molecule has 4 nitrogen and oxygen atoms in total. The number of para-hydroxylation sites is 2. The number of aliphatic imine (C=N–C) groups is 2. The van der Waals surface area contributed by atoms with Gasteiger partial charge in [0.1, 0.15) is 11.7 Å². The second-order valence-corrected chi connectivity index (χ2v) is 16.8. The van der Waals surface area contributed by atoms with Crippen molar-refractivity contribution in [2.24, 2.45) is 9.98 Å². The Kier molecular flexibility index (Phi) is 8.49. The maximum Gasteiger partial charge on any atom is 0.136 e. The van der Waals surface area contributed by atoms with Crippen molar-refractivity contribution in [3.05, 3.63) is 169 Å². The van der Waals surface area contributed by atoms with Crippen molar-refractivity contribution in [3.8, 4) is 33.4 Å². The molecule has 8 rings (SSSR count). The Labute approximate surface area is 321 Å². The first kappa shape index (κ1) is 35.3. The van der Waals surface area contributed by atoms with Crippen LogP contribution in [-0.2, 0) is 0 Å². The van der Waals surface area contributed by atoms with E-state index in [1.54, 1.807) is 0 Å². The van der Waals surface area contributed by atoms with Gasteiger partial charge in [-0.15, -0.1) is 0 Å². The van der Waals surface area contributed by atoms with Gasteiger partial charge in [-0.3, -0.25) is 9.98 Å². The van der Waals surface area contributed by atoms with Crippen molar-refractivity contribution < 1.29 is 0 Å². The predicted molar refractivity (Wildman–Crippen MR) is 230 cm³/mol. The summed E-state index contributed by atoms with van der Waals surface area (Å²) < 4.78 is 0. The maximum atomic E-state index is 5.32. The zero-order valence-corrected chi connectivity index (χ0v) is 32.8. The minimum atomic E-state index is -0.262. The molecule has 0 bridgehead atoms. The zero-order valence-electron chi connectivity index (χ0n) is 32.8. The summed E-state index contributed by atoms with van der Waals surface area (Å²) in [5, 5.41) is 0. The molecule has 0 fully saturated rings. The largest absolute Gasteiger partial charge is 0.318 e. The number of benzene rings is 6. The maximum absolute atomic E-state index is 5.32. The van der Waals surface area contributed by atoms with Crippen LogP contribution >= 0.6 is 0 Å². The molecule has 0 atom stereocenters. The predicted octanol–water partition coefficient (Wildman–Crippen LogP) is 12.3. The van der Waals surface area contributed by atoms with Gasteiger partial charge in [0.25, 0.3) is 0 Å². The summed E-state index contributed by atoms with van der Waals surface area (Å²) in [4.78, 5) is 15.4. The first-order chi connectivity index (χ1) is 25.8. The fourth-order valence-corrected chi connectivity index (χ4v) is 7.79. The van der Waals surface area contributed by atoms with Gasteiger partial charge in [-0.1, -0.05) is 115 Å². The van der Waals surface area contributed by atoms with Crippen molar-refractivity contribution in [1.29, 1.82) is 0 Å². The normalized spacial score (nSPS) is 18.0. The lowest BCUT2D eigenvalue weighted by Crippen LogP contribution is -2.53. The molecule has 0 N–H and O–H groups in total. The molecular weight excluding hydrogens is 657 g/mol. The first-order valence-electron chi connectivity index (χ1n) is 19.1. The van der Waals surface area contributed by atoms with E-state index >= 15 is 0 Å². The third-order valence-corrected chi connectivity index (χ3v) is 12.3. The second-order valence-electron chi connectivity index (χ2n) is 16.8. The molecule has 2 heterocycles. The van der Waals surface area contributed by atoms with Crippen LogP contribution in [0.25, 0.3) is 33.4 Å². The number of hydrogen-bond acceptors (Lipinski definition) is 4. The fourth-order valence-electron chi connectivity index (χ4n) is 7.79. The number of hydrogen-bond donors (Lipinski definition) is 0. The Balaban J connectivity index is 1.16. The topological polar surface area (TPSA) is 31.2 Å². The molecule has 0 radical (unpaired) electrons. The molecule has 4 heteroatoms. The van der Waals surface area contributed by atoms with Gasteiger partial charge >= 0.3 is 0 Å². The summed E-state index contributed by atoms with van der Waals surface area (Å²) in [6.07, 6.45) is 0. The quantitative estimate of drug-likeness (QED) is 0.165. The number of anilines is 2. The summed E-state index contributed by atoms with van der Waals surface area (Å²) in [6, 6.07) is 56.8. The molecule has 6 aromatic carbocycles. The fraction of sp³-hybridized carbons (Fsp3) is 0.240. The molecule has 0 aromatic heterocycles. The molecule has 0 unspecified atom stereocenters. The first-order valence-corrected chi connectivity index (χ1v) is 19.1. The van der Waals surface area contributed by atoms with E-state index < -0.39 is 0 Å². The Morgan fingerprint density at radius 3 is 0.926 bits per heavy atom. The Morgan fingerprint density at radius 1 is 0.315 bits per heavy atom. The molecule has 270 valence electrons. The highest BCUT2D eigenvalue weighted by Crippen LogP contribution is 2.44. The van der Waals surface area contributed by atoms with Crippen LogP contribution in [0.3, 0.4) is 0 Å². The SMILES string of the molecule is CC1(C)N=C(c2ccc(-c3cc(-c4ccccc4)cc(-c4ccc(C5=NC(C)(C)C(C)(C)N5c5ccccc5)cc4)c3)cc2)N(c2ccccc2)C1(C)C. The van der Waals surface area contributed by atoms with E-state index in [1.165, 1.54) is 33.4 Å². The van der Waals surface area contributed by atoms with E-state index in [9.17, 15) is 0 Å². The van der Waals surface area contributed by atoms with Crippen molar-refractivity contribution in [1.82, 2.24) is 0 Å². The van der Waals surface area contributed by atoms with Gasteiger partial charge in [0.2, 0.25) is 0 Å². The van der Waals surface area contributed by atoms with Gasteiger partial charge in [-0.05, 0) is 131 Å². The van der Waals surface area contributed by atoms with Crippen LogP contribution in [0.1, 0.15) is 66.5 Å². The molecule has 0 amide bonds. The Hall–Kier alpha value is -5.74.